The molecule has 0 saturated heterocycles. The highest BCUT2D eigenvalue weighted by Crippen LogP contribution is 2.13. The van der Waals surface area contributed by atoms with Crippen molar-refractivity contribution >= 4 is 28.7 Å². The fourth-order valence-electron chi connectivity index (χ4n) is 1.84. The van der Waals surface area contributed by atoms with Crippen molar-refractivity contribution < 1.29 is 0 Å². The Morgan fingerprint density at radius 1 is 1.15 bits per heavy atom. The van der Waals surface area contributed by atoms with Gasteiger partial charge >= 0.3 is 0 Å². The van der Waals surface area contributed by atoms with Crippen molar-refractivity contribution in [1.29, 1.82) is 0 Å². The van der Waals surface area contributed by atoms with Crippen molar-refractivity contribution in [2.75, 3.05) is 0 Å². The minimum atomic E-state index is -0.223. The molecule has 3 aromatic rings. The molecule has 1 aromatic heterocycles. The van der Waals surface area contributed by atoms with Crippen LogP contribution in [0, 0.1) is 0 Å². The fourth-order valence-corrected chi connectivity index (χ4v) is 2.00. The topological polar surface area (TPSA) is 47.2 Å². The average molecular weight is 284 g/mol. The molecule has 0 fully saturated rings. The second kappa shape index (κ2) is 5.27. The third-order valence-electron chi connectivity index (χ3n) is 2.84. The molecule has 1 heterocycles. The van der Waals surface area contributed by atoms with E-state index >= 15 is 0 Å². The molecule has 0 N–H and O–H groups in total. The molecule has 0 saturated carbocycles. The standard InChI is InChI=1S/C15H10ClN3O/c16-12-6-7-13-14(8-12)17-10-19(15(13)20)18-9-11-4-2-1-3-5-11/h1-10H. The first-order chi connectivity index (χ1) is 9.74. The first-order valence-corrected chi connectivity index (χ1v) is 6.38. The smallest absolute Gasteiger partial charge is 0.267 e. The maximum absolute atomic E-state index is 12.2. The van der Waals surface area contributed by atoms with Crippen LogP contribution in [0.4, 0.5) is 0 Å². The van der Waals surface area contributed by atoms with Crippen molar-refractivity contribution in [2.45, 2.75) is 0 Å². The van der Waals surface area contributed by atoms with Crippen LogP contribution in [0.1, 0.15) is 5.56 Å². The Balaban J connectivity index is 2.05. The number of hydrogen-bond donors (Lipinski definition) is 0. The summed E-state index contributed by atoms with van der Waals surface area (Å²) < 4.78 is 1.21. The summed E-state index contributed by atoms with van der Waals surface area (Å²) in [6.45, 7) is 0. The average Bonchev–Trinajstić information content (AvgIpc) is 2.47. The molecule has 5 heteroatoms. The van der Waals surface area contributed by atoms with E-state index in [1.54, 1.807) is 24.4 Å². The quantitative estimate of drug-likeness (QED) is 0.679. The number of halogens is 1. The fraction of sp³-hybridized carbons (Fsp3) is 0. The van der Waals surface area contributed by atoms with E-state index in [4.69, 9.17) is 11.6 Å². The van der Waals surface area contributed by atoms with Gasteiger partial charge in [0.1, 0.15) is 6.33 Å². The van der Waals surface area contributed by atoms with Gasteiger partial charge in [0.05, 0.1) is 17.1 Å². The van der Waals surface area contributed by atoms with Gasteiger partial charge < -0.3 is 0 Å². The van der Waals surface area contributed by atoms with Crippen LogP contribution in [-0.4, -0.2) is 15.9 Å². The van der Waals surface area contributed by atoms with Gasteiger partial charge in [0.25, 0.3) is 5.56 Å². The lowest BCUT2D eigenvalue weighted by Crippen LogP contribution is -2.17. The Kier molecular flexibility index (Phi) is 3.31. The summed E-state index contributed by atoms with van der Waals surface area (Å²) in [6, 6.07) is 14.5. The van der Waals surface area contributed by atoms with Gasteiger partial charge in [-0.25, -0.2) is 4.98 Å². The number of benzene rings is 2. The molecule has 3 rings (SSSR count). The maximum Gasteiger partial charge on any atom is 0.281 e. The summed E-state index contributed by atoms with van der Waals surface area (Å²) >= 11 is 5.87. The third kappa shape index (κ3) is 2.46. The molecule has 0 aliphatic rings. The minimum Gasteiger partial charge on any atom is -0.267 e. The maximum atomic E-state index is 12.2. The molecule has 0 radical (unpaired) electrons. The number of rotatable bonds is 2. The van der Waals surface area contributed by atoms with Crippen LogP contribution in [0.25, 0.3) is 10.9 Å². The van der Waals surface area contributed by atoms with E-state index in [1.165, 1.54) is 11.0 Å². The van der Waals surface area contributed by atoms with Gasteiger partial charge in [0, 0.05) is 5.02 Å². The molecule has 0 atom stereocenters. The number of aromatic nitrogens is 2. The van der Waals surface area contributed by atoms with Gasteiger partial charge in [0.2, 0.25) is 0 Å². The summed E-state index contributed by atoms with van der Waals surface area (Å²) in [5.41, 5.74) is 1.25. The second-order valence-electron chi connectivity index (χ2n) is 4.21. The van der Waals surface area contributed by atoms with Crippen LogP contribution >= 0.6 is 11.6 Å². The molecule has 0 spiro atoms. The molecule has 0 aliphatic carbocycles. The van der Waals surface area contributed by atoms with Gasteiger partial charge in [-0.3, -0.25) is 4.79 Å². The summed E-state index contributed by atoms with van der Waals surface area (Å²) in [4.78, 5) is 16.4. The van der Waals surface area contributed by atoms with Crippen LogP contribution in [0.15, 0.2) is 64.8 Å². The SMILES string of the molecule is O=c1c2ccc(Cl)cc2ncn1N=Cc1ccccc1. The van der Waals surface area contributed by atoms with Gasteiger partial charge in [-0.05, 0) is 23.8 Å². The normalized spacial score (nSPS) is 11.2. The summed E-state index contributed by atoms with van der Waals surface area (Å²) in [5.74, 6) is 0. The van der Waals surface area contributed by atoms with Crippen LogP contribution in [0.3, 0.4) is 0 Å². The van der Waals surface area contributed by atoms with E-state index in [1.807, 2.05) is 30.3 Å². The highest BCUT2D eigenvalue weighted by atomic mass is 35.5. The zero-order valence-corrected chi connectivity index (χ0v) is 11.2. The molecular formula is C15H10ClN3O. The Hall–Kier alpha value is -2.46. The van der Waals surface area contributed by atoms with Crippen molar-refractivity contribution in [3.8, 4) is 0 Å². The first kappa shape index (κ1) is 12.6. The number of fused-ring (bicyclic) bond motifs is 1. The predicted octanol–water partition coefficient (Wildman–Crippen LogP) is 2.93. The van der Waals surface area contributed by atoms with Gasteiger partial charge in [-0.2, -0.15) is 9.78 Å². The minimum absolute atomic E-state index is 0.223. The molecule has 0 amide bonds. The summed E-state index contributed by atoms with van der Waals surface area (Å²) in [7, 11) is 0. The highest BCUT2D eigenvalue weighted by molar-refractivity contribution is 6.31. The summed E-state index contributed by atoms with van der Waals surface area (Å²) in [6.07, 6.45) is 3.01. The van der Waals surface area contributed by atoms with Crippen LogP contribution in [-0.2, 0) is 0 Å². The molecule has 4 nitrogen and oxygen atoms in total. The lowest BCUT2D eigenvalue weighted by molar-refractivity contribution is 0.817. The Labute approximate surface area is 120 Å². The van der Waals surface area contributed by atoms with Crippen molar-refractivity contribution in [2.24, 2.45) is 5.10 Å². The largest absolute Gasteiger partial charge is 0.281 e. The van der Waals surface area contributed by atoms with E-state index in [0.717, 1.165) is 5.56 Å². The molecule has 0 unspecified atom stereocenters. The Bertz CT molecular complexity index is 841. The van der Waals surface area contributed by atoms with Crippen molar-refractivity contribution in [3.05, 3.63) is 75.8 Å². The molecule has 0 aliphatic heterocycles. The highest BCUT2D eigenvalue weighted by Gasteiger charge is 2.03. The molecule has 2 aromatic carbocycles. The Morgan fingerprint density at radius 2 is 1.95 bits per heavy atom. The zero-order chi connectivity index (χ0) is 13.9. The number of nitrogens with zero attached hydrogens (tertiary/aromatic N) is 3. The van der Waals surface area contributed by atoms with E-state index in [9.17, 15) is 4.79 Å². The van der Waals surface area contributed by atoms with Gasteiger partial charge in [-0.1, -0.05) is 41.9 Å². The van der Waals surface area contributed by atoms with E-state index in [2.05, 4.69) is 10.1 Å². The van der Waals surface area contributed by atoms with Gasteiger partial charge in [-0.15, -0.1) is 0 Å². The van der Waals surface area contributed by atoms with E-state index < -0.39 is 0 Å². The van der Waals surface area contributed by atoms with Crippen LogP contribution in [0.2, 0.25) is 5.02 Å². The zero-order valence-electron chi connectivity index (χ0n) is 10.4. The lowest BCUT2D eigenvalue weighted by Gasteiger charge is -2.01. The number of hydrogen-bond acceptors (Lipinski definition) is 3. The molecule has 20 heavy (non-hydrogen) atoms. The molecule has 0 bridgehead atoms. The van der Waals surface area contributed by atoms with E-state index in [-0.39, 0.29) is 5.56 Å². The second-order valence-corrected chi connectivity index (χ2v) is 4.65. The molecule has 98 valence electrons. The van der Waals surface area contributed by atoms with E-state index in [0.29, 0.717) is 15.9 Å². The van der Waals surface area contributed by atoms with Gasteiger partial charge in [0.15, 0.2) is 0 Å². The van der Waals surface area contributed by atoms with Crippen LogP contribution < -0.4 is 5.56 Å². The predicted molar refractivity (Wildman–Crippen MR) is 80.4 cm³/mol. The lowest BCUT2D eigenvalue weighted by atomic mass is 10.2. The Morgan fingerprint density at radius 3 is 2.75 bits per heavy atom. The monoisotopic (exact) mass is 283 g/mol. The van der Waals surface area contributed by atoms with Crippen LogP contribution in [0.5, 0.6) is 0 Å². The van der Waals surface area contributed by atoms with Crippen molar-refractivity contribution in [3.63, 3.8) is 0 Å². The molecular weight excluding hydrogens is 274 g/mol. The first-order valence-electron chi connectivity index (χ1n) is 6.00. The summed E-state index contributed by atoms with van der Waals surface area (Å²) in [5, 5.41) is 5.17. The third-order valence-corrected chi connectivity index (χ3v) is 3.07. The van der Waals surface area contributed by atoms with Crippen molar-refractivity contribution in [1.82, 2.24) is 9.66 Å².